The molecule has 1 fully saturated rings. The van der Waals surface area contributed by atoms with Crippen LogP contribution in [0.2, 0.25) is 0 Å². The molecule has 1 saturated heterocycles. The van der Waals surface area contributed by atoms with Crippen LogP contribution in [0.4, 0.5) is 10.1 Å². The molecule has 1 aromatic carbocycles. The van der Waals surface area contributed by atoms with E-state index in [1.807, 2.05) is 0 Å². The SMILES string of the molecule is O=[N+]([O-])c1cc(F)ccc1S(=O)(=O)N1CCCCC1CO. The van der Waals surface area contributed by atoms with Gasteiger partial charge in [-0.15, -0.1) is 0 Å². The first-order valence-electron chi connectivity index (χ1n) is 6.44. The average Bonchev–Trinajstić information content (AvgIpc) is 2.46. The Kier molecular flexibility index (Phi) is 4.55. The molecule has 1 unspecified atom stereocenters. The van der Waals surface area contributed by atoms with Crippen molar-refractivity contribution in [1.29, 1.82) is 0 Å². The van der Waals surface area contributed by atoms with E-state index in [0.717, 1.165) is 22.9 Å². The molecule has 1 N–H and O–H groups in total. The number of benzene rings is 1. The Balaban J connectivity index is 2.51. The molecule has 1 atom stereocenters. The van der Waals surface area contributed by atoms with Crippen LogP contribution in [0.1, 0.15) is 19.3 Å². The van der Waals surface area contributed by atoms with Crippen LogP contribution in [0.3, 0.4) is 0 Å². The molecule has 7 nitrogen and oxygen atoms in total. The average molecular weight is 318 g/mol. The van der Waals surface area contributed by atoms with Crippen molar-refractivity contribution in [3.8, 4) is 0 Å². The van der Waals surface area contributed by atoms with E-state index < -0.39 is 37.4 Å². The summed E-state index contributed by atoms with van der Waals surface area (Å²) in [5.41, 5.74) is -0.794. The van der Waals surface area contributed by atoms with E-state index in [1.165, 1.54) is 0 Å². The molecule has 1 heterocycles. The molecule has 2 rings (SSSR count). The van der Waals surface area contributed by atoms with E-state index in [-0.39, 0.29) is 13.2 Å². The molecule has 0 amide bonds. The Hall–Kier alpha value is -1.58. The molecule has 0 aromatic heterocycles. The zero-order valence-corrected chi connectivity index (χ0v) is 11.9. The van der Waals surface area contributed by atoms with Crippen LogP contribution in [0, 0.1) is 15.9 Å². The minimum atomic E-state index is -4.15. The van der Waals surface area contributed by atoms with Crippen LogP contribution >= 0.6 is 0 Å². The number of halogens is 1. The Labute approximate surface area is 121 Å². The predicted molar refractivity (Wildman–Crippen MR) is 71.7 cm³/mol. The third-order valence-electron chi connectivity index (χ3n) is 3.49. The first-order chi connectivity index (χ1) is 9.87. The summed E-state index contributed by atoms with van der Waals surface area (Å²) < 4.78 is 39.4. The number of hydrogen-bond donors (Lipinski definition) is 1. The summed E-state index contributed by atoms with van der Waals surface area (Å²) >= 11 is 0. The van der Waals surface area contributed by atoms with Gasteiger partial charge in [-0.2, -0.15) is 4.31 Å². The van der Waals surface area contributed by atoms with Crippen LogP contribution in [0.15, 0.2) is 23.1 Å². The summed E-state index contributed by atoms with van der Waals surface area (Å²) in [4.78, 5) is 9.49. The van der Waals surface area contributed by atoms with Crippen molar-refractivity contribution in [2.75, 3.05) is 13.2 Å². The van der Waals surface area contributed by atoms with Gasteiger partial charge < -0.3 is 5.11 Å². The zero-order valence-electron chi connectivity index (χ0n) is 11.1. The molecule has 9 heteroatoms. The maximum atomic E-state index is 13.1. The van der Waals surface area contributed by atoms with Crippen molar-refractivity contribution in [3.63, 3.8) is 0 Å². The van der Waals surface area contributed by atoms with Crippen LogP contribution in [-0.4, -0.2) is 41.9 Å². The molecule has 0 saturated carbocycles. The number of piperidine rings is 1. The van der Waals surface area contributed by atoms with E-state index >= 15 is 0 Å². The van der Waals surface area contributed by atoms with Gasteiger partial charge in [0.25, 0.3) is 5.69 Å². The lowest BCUT2D eigenvalue weighted by Gasteiger charge is -2.33. The highest BCUT2D eigenvalue weighted by atomic mass is 32.2. The number of hydrogen-bond acceptors (Lipinski definition) is 5. The maximum absolute atomic E-state index is 13.1. The van der Waals surface area contributed by atoms with E-state index in [2.05, 4.69) is 0 Å². The van der Waals surface area contributed by atoms with E-state index in [4.69, 9.17) is 0 Å². The lowest BCUT2D eigenvalue weighted by molar-refractivity contribution is -0.388. The number of aliphatic hydroxyl groups excluding tert-OH is 1. The topological polar surface area (TPSA) is 101 Å². The lowest BCUT2D eigenvalue weighted by Crippen LogP contribution is -2.45. The zero-order chi connectivity index (χ0) is 15.6. The molecule has 1 aromatic rings. The number of nitrogens with zero attached hydrogens (tertiary/aromatic N) is 2. The summed E-state index contributed by atoms with van der Waals surface area (Å²) in [6.07, 6.45) is 1.89. The Morgan fingerprint density at radius 2 is 2.14 bits per heavy atom. The molecule has 21 heavy (non-hydrogen) atoms. The smallest absolute Gasteiger partial charge is 0.292 e. The standard InChI is InChI=1S/C12H15FN2O5S/c13-9-4-5-12(11(7-9)15(17)18)21(19,20)14-6-2-1-3-10(14)8-16/h4-5,7,10,16H,1-3,6,8H2. The van der Waals surface area contributed by atoms with Crippen LogP contribution in [0.5, 0.6) is 0 Å². The normalized spacial score (nSPS) is 20.4. The van der Waals surface area contributed by atoms with Gasteiger partial charge in [0.1, 0.15) is 5.82 Å². The van der Waals surface area contributed by atoms with Crippen molar-refractivity contribution in [2.24, 2.45) is 0 Å². The van der Waals surface area contributed by atoms with Gasteiger partial charge in [-0.1, -0.05) is 6.42 Å². The fraction of sp³-hybridized carbons (Fsp3) is 0.500. The first-order valence-corrected chi connectivity index (χ1v) is 7.88. The molecule has 1 aliphatic heterocycles. The fourth-order valence-electron chi connectivity index (χ4n) is 2.45. The Morgan fingerprint density at radius 1 is 1.43 bits per heavy atom. The highest BCUT2D eigenvalue weighted by molar-refractivity contribution is 7.89. The molecular formula is C12H15FN2O5S. The van der Waals surface area contributed by atoms with E-state index in [0.29, 0.717) is 18.9 Å². The molecular weight excluding hydrogens is 303 g/mol. The highest BCUT2D eigenvalue weighted by Gasteiger charge is 2.37. The number of sulfonamides is 1. The molecule has 116 valence electrons. The van der Waals surface area contributed by atoms with Crippen LogP contribution < -0.4 is 0 Å². The van der Waals surface area contributed by atoms with Gasteiger partial charge in [-0.05, 0) is 25.0 Å². The van der Waals surface area contributed by atoms with Gasteiger partial charge in [0, 0.05) is 12.6 Å². The molecule has 0 spiro atoms. The van der Waals surface area contributed by atoms with Gasteiger partial charge in [-0.3, -0.25) is 10.1 Å². The number of nitro groups is 1. The minimum Gasteiger partial charge on any atom is -0.395 e. The van der Waals surface area contributed by atoms with Crippen molar-refractivity contribution >= 4 is 15.7 Å². The summed E-state index contributed by atoms with van der Waals surface area (Å²) in [6.45, 7) is -0.170. The van der Waals surface area contributed by atoms with Crippen LogP contribution in [-0.2, 0) is 10.0 Å². The Bertz CT molecular complexity index is 649. The molecule has 0 radical (unpaired) electrons. The summed E-state index contributed by atoms with van der Waals surface area (Å²) in [5, 5.41) is 20.3. The van der Waals surface area contributed by atoms with Gasteiger partial charge >= 0.3 is 0 Å². The fourth-order valence-corrected chi connectivity index (χ4v) is 4.28. The lowest BCUT2D eigenvalue weighted by atomic mass is 10.1. The minimum absolute atomic E-state index is 0.183. The first kappa shape index (κ1) is 15.8. The summed E-state index contributed by atoms with van der Waals surface area (Å²) in [6, 6.07) is 1.75. The third-order valence-corrected chi connectivity index (χ3v) is 5.49. The predicted octanol–water partition coefficient (Wildman–Crippen LogP) is 1.27. The quantitative estimate of drug-likeness (QED) is 0.665. The number of nitro benzene ring substituents is 1. The number of rotatable bonds is 4. The summed E-state index contributed by atoms with van der Waals surface area (Å²) in [5.74, 6) is -0.877. The largest absolute Gasteiger partial charge is 0.395 e. The van der Waals surface area contributed by atoms with Gasteiger partial charge in [0.2, 0.25) is 10.0 Å². The maximum Gasteiger partial charge on any atom is 0.292 e. The van der Waals surface area contributed by atoms with Gasteiger partial charge in [-0.25, -0.2) is 12.8 Å². The highest BCUT2D eigenvalue weighted by Crippen LogP contribution is 2.31. The molecule has 0 aliphatic carbocycles. The van der Waals surface area contributed by atoms with Crippen molar-refractivity contribution in [1.82, 2.24) is 4.31 Å². The molecule has 0 bridgehead atoms. The van der Waals surface area contributed by atoms with Crippen LogP contribution in [0.25, 0.3) is 0 Å². The third kappa shape index (κ3) is 3.04. The second kappa shape index (κ2) is 6.04. The van der Waals surface area contributed by atoms with E-state index in [9.17, 15) is 28.0 Å². The van der Waals surface area contributed by atoms with Gasteiger partial charge in [0.15, 0.2) is 4.90 Å². The van der Waals surface area contributed by atoms with Gasteiger partial charge in [0.05, 0.1) is 17.6 Å². The van der Waals surface area contributed by atoms with E-state index in [1.54, 1.807) is 0 Å². The van der Waals surface area contributed by atoms with Crippen molar-refractivity contribution in [3.05, 3.63) is 34.1 Å². The Morgan fingerprint density at radius 3 is 2.76 bits per heavy atom. The summed E-state index contributed by atoms with van der Waals surface area (Å²) in [7, 11) is -4.15. The molecule has 1 aliphatic rings. The van der Waals surface area contributed by atoms with Crippen molar-refractivity contribution < 1.29 is 22.8 Å². The second-order valence-corrected chi connectivity index (χ2v) is 6.68. The monoisotopic (exact) mass is 318 g/mol. The second-order valence-electron chi connectivity index (χ2n) is 4.82. The number of aliphatic hydroxyl groups is 1. The van der Waals surface area contributed by atoms with Crippen molar-refractivity contribution in [2.45, 2.75) is 30.2 Å².